The Balaban J connectivity index is 1.71. The molecule has 1 heterocycles. The molecule has 0 unspecified atom stereocenters. The van der Waals surface area contributed by atoms with Crippen LogP contribution in [0.3, 0.4) is 0 Å². The zero-order valence-electron chi connectivity index (χ0n) is 15.9. The van der Waals surface area contributed by atoms with Crippen molar-refractivity contribution in [3.8, 4) is 5.75 Å². The van der Waals surface area contributed by atoms with Crippen LogP contribution in [-0.2, 0) is 9.53 Å². The number of hydrogen-bond donors (Lipinski definition) is 1. The Morgan fingerprint density at radius 3 is 2.62 bits per heavy atom. The molecule has 0 aliphatic rings. The number of hydrogen-bond acceptors (Lipinski definition) is 7. The maximum atomic E-state index is 12.4. The van der Waals surface area contributed by atoms with E-state index in [-0.39, 0.29) is 10.6 Å². The number of nitrogens with one attached hydrogen (secondary N) is 1. The van der Waals surface area contributed by atoms with E-state index in [9.17, 15) is 19.7 Å². The highest BCUT2D eigenvalue weighted by Crippen LogP contribution is 2.30. The van der Waals surface area contributed by atoms with Gasteiger partial charge < -0.3 is 14.8 Å². The number of thiophene rings is 1. The summed E-state index contributed by atoms with van der Waals surface area (Å²) in [4.78, 5) is 35.5. The predicted molar refractivity (Wildman–Crippen MR) is 110 cm³/mol. The second-order valence-corrected chi connectivity index (χ2v) is 7.41. The topological polar surface area (TPSA) is 108 Å². The molecule has 1 atom stereocenters. The number of benzene rings is 2. The van der Waals surface area contributed by atoms with Gasteiger partial charge in [-0.15, -0.1) is 11.3 Å². The number of amides is 1. The number of carbonyl (C=O) groups is 2. The van der Waals surface area contributed by atoms with E-state index in [1.165, 1.54) is 32.2 Å². The molecule has 150 valence electrons. The average molecular weight is 414 g/mol. The Morgan fingerprint density at radius 2 is 1.93 bits per heavy atom. The Labute approximate surface area is 170 Å². The number of aryl methyl sites for hydroxylation is 1. The third kappa shape index (κ3) is 4.52. The number of ether oxygens (including phenoxy) is 2. The van der Waals surface area contributed by atoms with E-state index < -0.39 is 22.9 Å². The summed E-state index contributed by atoms with van der Waals surface area (Å²) >= 11 is 1.14. The van der Waals surface area contributed by atoms with Gasteiger partial charge in [-0.3, -0.25) is 14.9 Å². The lowest BCUT2D eigenvalue weighted by molar-refractivity contribution is -0.384. The van der Waals surface area contributed by atoms with Gasteiger partial charge in [0.1, 0.15) is 10.6 Å². The summed E-state index contributed by atoms with van der Waals surface area (Å²) in [7, 11) is 1.50. The van der Waals surface area contributed by atoms with Crippen LogP contribution in [-0.4, -0.2) is 30.0 Å². The summed E-state index contributed by atoms with van der Waals surface area (Å²) in [6.07, 6.45) is -1.05. The molecule has 1 amide bonds. The van der Waals surface area contributed by atoms with Crippen LogP contribution in [0.25, 0.3) is 10.1 Å². The highest BCUT2D eigenvalue weighted by molar-refractivity contribution is 7.20. The number of nitro groups is 1. The minimum absolute atomic E-state index is 0.0601. The van der Waals surface area contributed by atoms with Crippen molar-refractivity contribution in [1.82, 2.24) is 0 Å². The maximum Gasteiger partial charge on any atom is 0.349 e. The van der Waals surface area contributed by atoms with Crippen molar-refractivity contribution in [3.63, 3.8) is 0 Å². The zero-order chi connectivity index (χ0) is 21.1. The molecule has 3 rings (SSSR count). The highest BCUT2D eigenvalue weighted by atomic mass is 32.1. The third-order valence-electron chi connectivity index (χ3n) is 4.18. The second-order valence-electron chi connectivity index (χ2n) is 6.33. The number of nitro benzene ring substituents is 1. The summed E-state index contributed by atoms with van der Waals surface area (Å²) in [5, 5.41) is 14.1. The fourth-order valence-corrected chi connectivity index (χ4v) is 3.60. The standard InChI is InChI=1S/C20H18N2O6S/c1-11-4-6-16(27-3)15(8-11)21-19(23)12(2)28-20(24)18-10-13-9-14(22(25)26)5-7-17(13)29-18/h4-10,12H,1-3H3,(H,21,23)/t12-/m0/s1. The highest BCUT2D eigenvalue weighted by Gasteiger charge is 2.22. The number of fused-ring (bicyclic) bond motifs is 1. The summed E-state index contributed by atoms with van der Waals surface area (Å²) in [6, 6.07) is 11.2. The first-order valence-corrected chi connectivity index (χ1v) is 9.44. The van der Waals surface area contributed by atoms with Crippen molar-refractivity contribution < 1.29 is 24.0 Å². The first-order chi connectivity index (χ1) is 13.8. The summed E-state index contributed by atoms with van der Waals surface area (Å²) in [5.74, 6) is -0.680. The molecule has 0 radical (unpaired) electrons. The van der Waals surface area contributed by atoms with Gasteiger partial charge in [0, 0.05) is 22.2 Å². The third-order valence-corrected chi connectivity index (χ3v) is 5.27. The number of rotatable bonds is 6. The van der Waals surface area contributed by atoms with Crippen LogP contribution in [0, 0.1) is 17.0 Å². The van der Waals surface area contributed by atoms with E-state index >= 15 is 0 Å². The molecule has 0 saturated heterocycles. The van der Waals surface area contributed by atoms with Crippen LogP contribution in [0.4, 0.5) is 11.4 Å². The normalized spacial score (nSPS) is 11.7. The van der Waals surface area contributed by atoms with E-state index in [4.69, 9.17) is 9.47 Å². The van der Waals surface area contributed by atoms with Crippen molar-refractivity contribution in [2.75, 3.05) is 12.4 Å². The molecule has 0 aliphatic carbocycles. The van der Waals surface area contributed by atoms with Crippen molar-refractivity contribution in [3.05, 3.63) is 63.0 Å². The molecule has 0 bridgehead atoms. The molecule has 0 saturated carbocycles. The second kappa shape index (κ2) is 8.27. The molecule has 1 N–H and O–H groups in total. The average Bonchev–Trinajstić information content (AvgIpc) is 3.11. The van der Waals surface area contributed by atoms with Crippen molar-refractivity contribution in [1.29, 1.82) is 0 Å². The van der Waals surface area contributed by atoms with E-state index in [2.05, 4.69) is 5.32 Å². The molecular formula is C20H18N2O6S. The number of nitrogens with zero attached hydrogens (tertiary/aromatic N) is 1. The van der Waals surface area contributed by atoms with Crippen molar-refractivity contribution in [2.24, 2.45) is 0 Å². The number of anilines is 1. The smallest absolute Gasteiger partial charge is 0.349 e. The van der Waals surface area contributed by atoms with Crippen LogP contribution in [0.5, 0.6) is 5.75 Å². The van der Waals surface area contributed by atoms with Gasteiger partial charge in [-0.25, -0.2) is 4.79 Å². The van der Waals surface area contributed by atoms with Crippen molar-refractivity contribution in [2.45, 2.75) is 20.0 Å². The Kier molecular flexibility index (Phi) is 5.79. The Hall–Kier alpha value is -3.46. The van der Waals surface area contributed by atoms with Crippen LogP contribution in [0.2, 0.25) is 0 Å². The minimum Gasteiger partial charge on any atom is -0.495 e. The fourth-order valence-electron chi connectivity index (χ4n) is 2.67. The Morgan fingerprint density at radius 1 is 1.17 bits per heavy atom. The Bertz CT molecular complexity index is 1110. The van der Waals surface area contributed by atoms with Gasteiger partial charge in [-0.2, -0.15) is 0 Å². The molecule has 0 aliphatic heterocycles. The number of esters is 1. The van der Waals surface area contributed by atoms with Gasteiger partial charge >= 0.3 is 5.97 Å². The van der Waals surface area contributed by atoms with E-state index in [0.717, 1.165) is 16.9 Å². The molecule has 0 spiro atoms. The molecule has 1 aromatic heterocycles. The van der Waals surface area contributed by atoms with Gasteiger partial charge in [-0.1, -0.05) is 6.07 Å². The number of methoxy groups -OCH3 is 1. The van der Waals surface area contributed by atoms with Gasteiger partial charge in [-0.05, 0) is 43.7 Å². The summed E-state index contributed by atoms with van der Waals surface area (Å²) in [6.45, 7) is 3.35. The van der Waals surface area contributed by atoms with Crippen LogP contribution in [0.1, 0.15) is 22.2 Å². The largest absolute Gasteiger partial charge is 0.495 e. The lowest BCUT2D eigenvalue weighted by atomic mass is 10.2. The fraction of sp³-hybridized carbons (Fsp3) is 0.200. The molecule has 2 aromatic carbocycles. The molecule has 0 fully saturated rings. The summed E-state index contributed by atoms with van der Waals surface area (Å²) in [5.41, 5.74) is 1.36. The van der Waals surface area contributed by atoms with Crippen LogP contribution >= 0.6 is 11.3 Å². The van der Waals surface area contributed by atoms with E-state index in [0.29, 0.717) is 21.5 Å². The minimum atomic E-state index is -1.05. The quantitative estimate of drug-likeness (QED) is 0.366. The summed E-state index contributed by atoms with van der Waals surface area (Å²) < 4.78 is 11.2. The lowest BCUT2D eigenvalue weighted by Gasteiger charge is -2.15. The molecule has 9 heteroatoms. The van der Waals surface area contributed by atoms with E-state index in [1.54, 1.807) is 18.2 Å². The number of non-ortho nitro benzene ring substituents is 1. The van der Waals surface area contributed by atoms with Gasteiger partial charge in [0.25, 0.3) is 11.6 Å². The maximum absolute atomic E-state index is 12.4. The first-order valence-electron chi connectivity index (χ1n) is 8.63. The SMILES string of the molecule is COc1ccc(C)cc1NC(=O)[C@H](C)OC(=O)c1cc2cc([N+](=O)[O-])ccc2s1. The zero-order valence-corrected chi connectivity index (χ0v) is 16.7. The molecule has 29 heavy (non-hydrogen) atoms. The van der Waals surface area contributed by atoms with Crippen LogP contribution in [0.15, 0.2) is 42.5 Å². The van der Waals surface area contributed by atoms with Gasteiger partial charge in [0.05, 0.1) is 17.7 Å². The molecule has 3 aromatic rings. The van der Waals surface area contributed by atoms with Gasteiger partial charge in [0.2, 0.25) is 0 Å². The van der Waals surface area contributed by atoms with E-state index in [1.807, 2.05) is 13.0 Å². The molecule has 8 nitrogen and oxygen atoms in total. The van der Waals surface area contributed by atoms with Crippen molar-refractivity contribution >= 4 is 44.7 Å². The van der Waals surface area contributed by atoms with Gasteiger partial charge in [0.15, 0.2) is 6.10 Å². The monoisotopic (exact) mass is 414 g/mol. The molecular weight excluding hydrogens is 396 g/mol. The first kappa shape index (κ1) is 20.3. The lowest BCUT2D eigenvalue weighted by Crippen LogP contribution is -2.30. The predicted octanol–water partition coefficient (Wildman–Crippen LogP) is 4.31. The van der Waals surface area contributed by atoms with Crippen LogP contribution < -0.4 is 10.1 Å². The number of carbonyl (C=O) groups excluding carboxylic acids is 2.